The van der Waals surface area contributed by atoms with Gasteiger partial charge in [0.15, 0.2) is 0 Å². The summed E-state index contributed by atoms with van der Waals surface area (Å²) in [6.07, 6.45) is 7.04. The molecule has 190 valence electrons. The Morgan fingerprint density at radius 2 is 1.86 bits per heavy atom. The van der Waals surface area contributed by atoms with E-state index in [2.05, 4.69) is 10.6 Å². The number of carboxylic acids is 1. The van der Waals surface area contributed by atoms with Crippen LogP contribution in [0.2, 0.25) is 0 Å². The van der Waals surface area contributed by atoms with Crippen LogP contribution in [0, 0.1) is 6.92 Å². The monoisotopic (exact) mass is 492 g/mol. The standard InChI is InChI=1S/C27H32N4O5/c1-17-8-10-18(11-9-17)21(15-23(32)33)29-27(35)20-12-13-31-22(14-20)30-25(19-6-4-3-5-7-19)26(31)28-16-24(34)36-2/h8-14,19,21,28H,3-7,15-16H2,1-2H3,(H,29,35)(H,32,33). The Hall–Kier alpha value is -3.88. The third-order valence-electron chi connectivity index (χ3n) is 6.70. The van der Waals surface area contributed by atoms with Gasteiger partial charge in [0.05, 0.1) is 25.3 Å². The Morgan fingerprint density at radius 3 is 2.53 bits per heavy atom. The smallest absolute Gasteiger partial charge is 0.325 e. The number of nitrogens with zero attached hydrogens (tertiary/aromatic N) is 2. The highest BCUT2D eigenvalue weighted by Gasteiger charge is 2.25. The lowest BCUT2D eigenvalue weighted by Gasteiger charge is -2.21. The Kier molecular flexibility index (Phi) is 7.87. The van der Waals surface area contributed by atoms with Gasteiger partial charge < -0.3 is 20.5 Å². The molecule has 3 aromatic rings. The van der Waals surface area contributed by atoms with Crippen molar-refractivity contribution in [1.29, 1.82) is 0 Å². The van der Waals surface area contributed by atoms with Gasteiger partial charge in [0.25, 0.3) is 5.91 Å². The molecular weight excluding hydrogens is 460 g/mol. The van der Waals surface area contributed by atoms with Crippen LogP contribution >= 0.6 is 0 Å². The van der Waals surface area contributed by atoms with Crippen molar-refractivity contribution in [3.8, 4) is 0 Å². The molecule has 2 aromatic heterocycles. The lowest BCUT2D eigenvalue weighted by molar-refractivity contribution is -0.139. The molecule has 9 nitrogen and oxygen atoms in total. The largest absolute Gasteiger partial charge is 0.481 e. The van der Waals surface area contributed by atoms with E-state index in [-0.39, 0.29) is 30.8 Å². The third-order valence-corrected chi connectivity index (χ3v) is 6.70. The Bertz CT molecular complexity index is 1250. The molecule has 4 rings (SSSR count). The predicted molar refractivity (Wildman–Crippen MR) is 135 cm³/mol. The predicted octanol–water partition coefficient (Wildman–Crippen LogP) is 4.22. The summed E-state index contributed by atoms with van der Waals surface area (Å²) in [4.78, 5) is 41.2. The number of amides is 1. The Labute approximate surface area is 209 Å². The molecule has 3 N–H and O–H groups in total. The molecule has 0 saturated heterocycles. The van der Waals surface area contributed by atoms with Gasteiger partial charge in [-0.25, -0.2) is 4.98 Å². The number of aliphatic carboxylic acids is 1. The molecule has 1 saturated carbocycles. The number of ether oxygens (including phenoxy) is 1. The highest BCUT2D eigenvalue weighted by atomic mass is 16.5. The van der Waals surface area contributed by atoms with Crippen LogP contribution in [0.3, 0.4) is 0 Å². The van der Waals surface area contributed by atoms with Gasteiger partial charge in [-0.15, -0.1) is 0 Å². The molecule has 1 atom stereocenters. The molecule has 1 aliphatic rings. The lowest BCUT2D eigenvalue weighted by Crippen LogP contribution is -2.30. The van der Waals surface area contributed by atoms with E-state index in [4.69, 9.17) is 9.72 Å². The Balaban J connectivity index is 1.62. The molecule has 1 aromatic carbocycles. The zero-order chi connectivity index (χ0) is 25.7. The summed E-state index contributed by atoms with van der Waals surface area (Å²) in [6.45, 7) is 1.96. The molecule has 1 amide bonds. The van der Waals surface area contributed by atoms with Crippen LogP contribution in [0.15, 0.2) is 42.6 Å². The molecule has 36 heavy (non-hydrogen) atoms. The number of nitrogens with one attached hydrogen (secondary N) is 2. The quantitative estimate of drug-likeness (QED) is 0.382. The maximum atomic E-state index is 13.1. The molecule has 9 heteroatoms. The maximum absolute atomic E-state index is 13.1. The molecule has 0 radical (unpaired) electrons. The summed E-state index contributed by atoms with van der Waals surface area (Å²) in [5.41, 5.74) is 3.63. The number of benzene rings is 1. The maximum Gasteiger partial charge on any atom is 0.325 e. The van der Waals surface area contributed by atoms with Gasteiger partial charge in [0.2, 0.25) is 0 Å². The first-order valence-corrected chi connectivity index (χ1v) is 12.3. The number of pyridine rings is 1. The number of aryl methyl sites for hydroxylation is 1. The lowest BCUT2D eigenvalue weighted by atomic mass is 9.87. The van der Waals surface area contributed by atoms with E-state index in [1.165, 1.54) is 13.5 Å². The van der Waals surface area contributed by atoms with Crippen molar-refractivity contribution in [3.05, 3.63) is 65.0 Å². The number of carbonyl (C=O) groups excluding carboxylic acids is 2. The molecule has 0 aliphatic heterocycles. The summed E-state index contributed by atoms with van der Waals surface area (Å²) in [5, 5.41) is 15.4. The average Bonchev–Trinajstić information content (AvgIpc) is 3.25. The van der Waals surface area contributed by atoms with Crippen molar-refractivity contribution in [2.75, 3.05) is 19.0 Å². The van der Waals surface area contributed by atoms with Crippen molar-refractivity contribution in [1.82, 2.24) is 14.7 Å². The first kappa shape index (κ1) is 25.2. The number of anilines is 1. The van der Waals surface area contributed by atoms with E-state index in [1.54, 1.807) is 18.3 Å². The number of fused-ring (bicyclic) bond motifs is 1. The summed E-state index contributed by atoms with van der Waals surface area (Å²) < 4.78 is 6.62. The number of methoxy groups -OCH3 is 1. The normalized spacial score (nSPS) is 14.8. The third kappa shape index (κ3) is 5.84. The molecule has 1 fully saturated rings. The molecule has 1 unspecified atom stereocenters. The zero-order valence-corrected chi connectivity index (χ0v) is 20.6. The molecule has 2 heterocycles. The number of rotatable bonds is 9. The van der Waals surface area contributed by atoms with Gasteiger partial charge in [0.1, 0.15) is 18.0 Å². The minimum absolute atomic E-state index is 0.0136. The van der Waals surface area contributed by atoms with Crippen LogP contribution in [-0.4, -0.2) is 46.0 Å². The number of carbonyl (C=O) groups is 3. The van der Waals surface area contributed by atoms with E-state index in [9.17, 15) is 19.5 Å². The summed E-state index contributed by atoms with van der Waals surface area (Å²) >= 11 is 0. The van der Waals surface area contributed by atoms with Gasteiger partial charge in [-0.05, 0) is 37.5 Å². The summed E-state index contributed by atoms with van der Waals surface area (Å²) in [7, 11) is 1.35. The number of carboxylic acid groups (broad SMARTS) is 1. The van der Waals surface area contributed by atoms with E-state index in [0.29, 0.717) is 11.2 Å². The second-order valence-electron chi connectivity index (χ2n) is 9.29. The van der Waals surface area contributed by atoms with Crippen LogP contribution in [0.4, 0.5) is 5.82 Å². The number of esters is 1. The van der Waals surface area contributed by atoms with Crippen LogP contribution in [-0.2, 0) is 14.3 Å². The van der Waals surface area contributed by atoms with Crippen LogP contribution in [0.1, 0.15) is 77.7 Å². The fourth-order valence-electron chi connectivity index (χ4n) is 4.74. The number of aromatic nitrogens is 2. The first-order valence-electron chi connectivity index (χ1n) is 12.3. The van der Waals surface area contributed by atoms with Gasteiger partial charge in [-0.1, -0.05) is 49.1 Å². The second kappa shape index (κ2) is 11.2. The van der Waals surface area contributed by atoms with Crippen LogP contribution < -0.4 is 10.6 Å². The van der Waals surface area contributed by atoms with E-state index < -0.39 is 12.0 Å². The van der Waals surface area contributed by atoms with E-state index >= 15 is 0 Å². The van der Waals surface area contributed by atoms with Crippen molar-refractivity contribution >= 4 is 29.3 Å². The molecular formula is C27H32N4O5. The SMILES string of the molecule is COC(=O)CNc1c(C2CCCCC2)nc2cc(C(=O)NC(CC(=O)O)c3ccc(C)cc3)ccn12. The highest BCUT2D eigenvalue weighted by Crippen LogP contribution is 2.36. The second-order valence-corrected chi connectivity index (χ2v) is 9.29. The molecule has 1 aliphatic carbocycles. The van der Waals surface area contributed by atoms with Gasteiger partial charge >= 0.3 is 11.9 Å². The van der Waals surface area contributed by atoms with E-state index in [1.807, 2.05) is 35.6 Å². The average molecular weight is 493 g/mol. The van der Waals surface area contributed by atoms with Crippen molar-refractivity contribution in [2.45, 2.75) is 57.4 Å². The number of imidazole rings is 1. The van der Waals surface area contributed by atoms with Gasteiger partial charge in [-0.2, -0.15) is 0 Å². The fraction of sp³-hybridized carbons (Fsp3) is 0.407. The zero-order valence-electron chi connectivity index (χ0n) is 20.6. The fourth-order valence-corrected chi connectivity index (χ4v) is 4.74. The van der Waals surface area contributed by atoms with E-state index in [0.717, 1.165) is 48.3 Å². The number of hydrogen-bond acceptors (Lipinski definition) is 6. The number of hydrogen-bond donors (Lipinski definition) is 3. The minimum atomic E-state index is -0.997. The van der Waals surface area contributed by atoms with Crippen LogP contribution in [0.5, 0.6) is 0 Å². The van der Waals surface area contributed by atoms with Crippen molar-refractivity contribution in [3.63, 3.8) is 0 Å². The molecule has 0 spiro atoms. The van der Waals surface area contributed by atoms with Crippen molar-refractivity contribution < 1.29 is 24.2 Å². The topological polar surface area (TPSA) is 122 Å². The Morgan fingerprint density at radius 1 is 1.14 bits per heavy atom. The van der Waals surface area contributed by atoms with Gasteiger partial charge in [0, 0.05) is 17.7 Å². The van der Waals surface area contributed by atoms with Gasteiger partial charge in [-0.3, -0.25) is 18.8 Å². The molecule has 0 bridgehead atoms. The van der Waals surface area contributed by atoms with Crippen LogP contribution in [0.25, 0.3) is 5.65 Å². The summed E-state index contributed by atoms with van der Waals surface area (Å²) in [6, 6.07) is 10.1. The van der Waals surface area contributed by atoms with Crippen molar-refractivity contribution in [2.24, 2.45) is 0 Å². The summed E-state index contributed by atoms with van der Waals surface area (Å²) in [5.74, 6) is -0.745. The highest BCUT2D eigenvalue weighted by molar-refractivity contribution is 5.95. The minimum Gasteiger partial charge on any atom is -0.481 e. The first-order chi connectivity index (χ1) is 17.4.